The van der Waals surface area contributed by atoms with Crippen LogP contribution in [0.4, 0.5) is 0 Å². The third kappa shape index (κ3) is 3.23. The number of benzene rings is 1. The average Bonchev–Trinajstić information content (AvgIpc) is 2.40. The lowest BCUT2D eigenvalue weighted by Crippen LogP contribution is -2.24. The first-order valence-corrected chi connectivity index (χ1v) is 6.13. The van der Waals surface area contributed by atoms with Crippen LogP contribution in [-0.4, -0.2) is 16.0 Å². The highest BCUT2D eigenvalue weighted by atomic mass is 35.5. The molecule has 98 valence electrons. The minimum atomic E-state index is -0.342. The number of phenolic OH excluding ortho intramolecular Hbond substituents is 1. The third-order valence-electron chi connectivity index (χ3n) is 2.73. The van der Waals surface area contributed by atoms with Crippen molar-refractivity contribution in [3.63, 3.8) is 0 Å². The molecule has 2 N–H and O–H groups in total. The Morgan fingerprint density at radius 3 is 2.95 bits per heavy atom. The topological polar surface area (TPSA) is 62.2 Å². The molecule has 0 radical (unpaired) electrons. The molecule has 2 aromatic rings. The summed E-state index contributed by atoms with van der Waals surface area (Å²) in [6.07, 6.45) is 1.68. The zero-order valence-corrected chi connectivity index (χ0v) is 11.1. The zero-order valence-electron chi connectivity index (χ0n) is 10.4. The van der Waals surface area contributed by atoms with Crippen molar-refractivity contribution < 1.29 is 9.90 Å². The van der Waals surface area contributed by atoms with E-state index in [9.17, 15) is 9.90 Å². The second kappa shape index (κ2) is 5.71. The Kier molecular flexibility index (Phi) is 4.02. The molecule has 0 fully saturated rings. The zero-order chi connectivity index (χ0) is 13.8. The summed E-state index contributed by atoms with van der Waals surface area (Å²) in [6.45, 7) is 2.24. The molecule has 4 nitrogen and oxygen atoms in total. The Hall–Kier alpha value is -2.07. The van der Waals surface area contributed by atoms with Crippen LogP contribution in [0.15, 0.2) is 36.5 Å². The molecule has 0 atom stereocenters. The number of hydrogen-bond donors (Lipinski definition) is 2. The number of aryl methyl sites for hydroxylation is 1. The van der Waals surface area contributed by atoms with Crippen LogP contribution in [0, 0.1) is 6.92 Å². The molecule has 1 aromatic heterocycles. The van der Waals surface area contributed by atoms with Crippen LogP contribution in [0.25, 0.3) is 0 Å². The number of carbonyl (C=O) groups is 1. The second-order valence-electron chi connectivity index (χ2n) is 4.11. The van der Waals surface area contributed by atoms with Crippen LogP contribution in [0.2, 0.25) is 5.02 Å². The van der Waals surface area contributed by atoms with Crippen molar-refractivity contribution in [2.45, 2.75) is 13.5 Å². The lowest BCUT2D eigenvalue weighted by Gasteiger charge is -2.08. The van der Waals surface area contributed by atoms with E-state index in [1.165, 1.54) is 18.2 Å². The molecular formula is C14H13ClN2O2. The fourth-order valence-electron chi connectivity index (χ4n) is 1.65. The van der Waals surface area contributed by atoms with Crippen molar-refractivity contribution >= 4 is 17.5 Å². The van der Waals surface area contributed by atoms with Crippen LogP contribution in [0.1, 0.15) is 21.6 Å². The Morgan fingerprint density at radius 2 is 2.21 bits per heavy atom. The van der Waals surface area contributed by atoms with Gasteiger partial charge in [0.05, 0.1) is 22.8 Å². The minimum absolute atomic E-state index is 0.00330. The molecule has 0 saturated heterocycles. The molecule has 0 aliphatic heterocycles. The summed E-state index contributed by atoms with van der Waals surface area (Å²) in [5.41, 5.74) is 2.05. The second-order valence-corrected chi connectivity index (χ2v) is 4.52. The highest BCUT2D eigenvalue weighted by molar-refractivity contribution is 6.33. The van der Waals surface area contributed by atoms with Gasteiger partial charge in [0.2, 0.25) is 0 Å². The Balaban J connectivity index is 2.10. The lowest BCUT2D eigenvalue weighted by atomic mass is 10.2. The maximum Gasteiger partial charge on any atom is 0.253 e. The van der Waals surface area contributed by atoms with Gasteiger partial charge in [0.15, 0.2) is 0 Å². The van der Waals surface area contributed by atoms with Crippen LogP contribution < -0.4 is 5.32 Å². The molecule has 5 heteroatoms. The molecule has 0 saturated carbocycles. The summed E-state index contributed by atoms with van der Waals surface area (Å²) in [5, 5.41) is 12.4. The number of halogens is 1. The van der Waals surface area contributed by atoms with Gasteiger partial charge in [0.25, 0.3) is 5.91 Å². The molecule has 0 aliphatic rings. The first-order valence-electron chi connectivity index (χ1n) is 5.75. The fourth-order valence-corrected chi connectivity index (χ4v) is 1.85. The van der Waals surface area contributed by atoms with Crippen LogP contribution in [0.3, 0.4) is 0 Å². The standard InChI is InChI=1S/C14H13ClN2O2/c1-9-3-2-6-16-13(9)8-17-14(19)11-7-10(18)4-5-12(11)15/h2-7,18H,8H2,1H3,(H,17,19). The highest BCUT2D eigenvalue weighted by Crippen LogP contribution is 2.21. The average molecular weight is 277 g/mol. The summed E-state index contributed by atoms with van der Waals surface area (Å²) >= 11 is 5.92. The van der Waals surface area contributed by atoms with Crippen molar-refractivity contribution in [2.75, 3.05) is 0 Å². The molecule has 0 bridgehead atoms. The summed E-state index contributed by atoms with van der Waals surface area (Å²) < 4.78 is 0. The number of hydrogen-bond acceptors (Lipinski definition) is 3. The third-order valence-corrected chi connectivity index (χ3v) is 3.06. The van der Waals surface area contributed by atoms with E-state index in [-0.39, 0.29) is 17.2 Å². The van der Waals surface area contributed by atoms with E-state index >= 15 is 0 Å². The van der Waals surface area contributed by atoms with E-state index in [4.69, 9.17) is 11.6 Å². The minimum Gasteiger partial charge on any atom is -0.508 e. The Bertz CT molecular complexity index is 614. The summed E-state index contributed by atoms with van der Waals surface area (Å²) in [6, 6.07) is 8.02. The first kappa shape index (κ1) is 13.4. The molecule has 1 aromatic carbocycles. The summed E-state index contributed by atoms with van der Waals surface area (Å²) in [7, 11) is 0. The number of pyridine rings is 1. The first-order chi connectivity index (χ1) is 9.08. The number of phenols is 1. The molecular weight excluding hydrogens is 264 g/mol. The van der Waals surface area contributed by atoms with Gasteiger partial charge in [-0.2, -0.15) is 0 Å². The van der Waals surface area contributed by atoms with E-state index in [1.807, 2.05) is 19.1 Å². The Morgan fingerprint density at radius 1 is 1.42 bits per heavy atom. The van der Waals surface area contributed by atoms with Gasteiger partial charge < -0.3 is 10.4 Å². The Labute approximate surface area is 116 Å². The number of carbonyl (C=O) groups excluding carboxylic acids is 1. The van der Waals surface area contributed by atoms with Gasteiger partial charge in [-0.1, -0.05) is 17.7 Å². The van der Waals surface area contributed by atoms with Crippen molar-refractivity contribution in [3.05, 3.63) is 58.4 Å². The molecule has 2 rings (SSSR count). The predicted molar refractivity (Wildman–Crippen MR) is 73.3 cm³/mol. The van der Waals surface area contributed by atoms with E-state index in [1.54, 1.807) is 6.20 Å². The summed E-state index contributed by atoms with van der Waals surface area (Å²) in [5.74, 6) is -0.338. The van der Waals surface area contributed by atoms with E-state index in [0.717, 1.165) is 11.3 Å². The highest BCUT2D eigenvalue weighted by Gasteiger charge is 2.11. The van der Waals surface area contributed by atoms with Crippen LogP contribution in [-0.2, 0) is 6.54 Å². The molecule has 0 unspecified atom stereocenters. The fraction of sp³-hybridized carbons (Fsp3) is 0.143. The van der Waals surface area contributed by atoms with Gasteiger partial charge in [-0.15, -0.1) is 0 Å². The number of rotatable bonds is 3. The molecule has 1 heterocycles. The van der Waals surface area contributed by atoms with Gasteiger partial charge in [0, 0.05) is 6.20 Å². The van der Waals surface area contributed by atoms with E-state index in [0.29, 0.717) is 11.6 Å². The summed E-state index contributed by atoms with van der Waals surface area (Å²) in [4.78, 5) is 16.2. The molecule has 1 amide bonds. The van der Waals surface area contributed by atoms with E-state index in [2.05, 4.69) is 10.3 Å². The quantitative estimate of drug-likeness (QED) is 0.906. The van der Waals surface area contributed by atoms with Gasteiger partial charge in [-0.3, -0.25) is 9.78 Å². The number of aromatic hydroxyl groups is 1. The smallest absolute Gasteiger partial charge is 0.253 e. The van der Waals surface area contributed by atoms with Gasteiger partial charge in [-0.25, -0.2) is 0 Å². The van der Waals surface area contributed by atoms with Crippen molar-refractivity contribution in [3.8, 4) is 5.75 Å². The van der Waals surface area contributed by atoms with Crippen molar-refractivity contribution in [1.82, 2.24) is 10.3 Å². The van der Waals surface area contributed by atoms with E-state index < -0.39 is 0 Å². The predicted octanol–water partition coefficient (Wildman–Crippen LogP) is 2.68. The lowest BCUT2D eigenvalue weighted by molar-refractivity contribution is 0.0950. The maximum atomic E-state index is 12.0. The SMILES string of the molecule is Cc1cccnc1CNC(=O)c1cc(O)ccc1Cl. The van der Waals surface area contributed by atoms with Gasteiger partial charge in [0.1, 0.15) is 5.75 Å². The van der Waals surface area contributed by atoms with Gasteiger partial charge >= 0.3 is 0 Å². The number of aromatic nitrogens is 1. The monoisotopic (exact) mass is 276 g/mol. The molecule has 19 heavy (non-hydrogen) atoms. The number of nitrogens with one attached hydrogen (secondary N) is 1. The van der Waals surface area contributed by atoms with Crippen molar-refractivity contribution in [2.24, 2.45) is 0 Å². The van der Waals surface area contributed by atoms with Crippen LogP contribution in [0.5, 0.6) is 5.75 Å². The van der Waals surface area contributed by atoms with Gasteiger partial charge in [-0.05, 0) is 36.8 Å². The largest absolute Gasteiger partial charge is 0.508 e. The van der Waals surface area contributed by atoms with Crippen LogP contribution >= 0.6 is 11.6 Å². The maximum absolute atomic E-state index is 12.0. The number of amides is 1. The normalized spacial score (nSPS) is 10.2. The van der Waals surface area contributed by atoms with Crippen molar-refractivity contribution in [1.29, 1.82) is 0 Å². The molecule has 0 spiro atoms. The molecule has 0 aliphatic carbocycles. The number of nitrogens with zero attached hydrogens (tertiary/aromatic N) is 1.